The zero-order chi connectivity index (χ0) is 18.5. The quantitative estimate of drug-likeness (QED) is 0.853. The maximum atomic E-state index is 12.7. The Hall–Kier alpha value is -2.76. The number of Topliss-reactive ketones (excluding diaryl/α,β-unsaturated/α-hetero) is 1. The van der Waals surface area contributed by atoms with E-state index in [0.717, 1.165) is 25.2 Å². The molecule has 0 unspecified atom stereocenters. The predicted octanol–water partition coefficient (Wildman–Crippen LogP) is 2.67. The van der Waals surface area contributed by atoms with Crippen LogP contribution in [0.2, 0.25) is 0 Å². The first-order valence-corrected chi connectivity index (χ1v) is 8.93. The average Bonchev–Trinajstić information content (AvgIpc) is 3.18. The molecule has 26 heavy (non-hydrogen) atoms. The van der Waals surface area contributed by atoms with Gasteiger partial charge in [0.25, 0.3) is 5.91 Å². The van der Waals surface area contributed by atoms with E-state index >= 15 is 0 Å². The Morgan fingerprint density at radius 1 is 1.19 bits per heavy atom. The molecule has 0 spiro atoms. The van der Waals surface area contributed by atoms with Crippen molar-refractivity contribution in [2.45, 2.75) is 33.6 Å². The largest absolute Gasteiger partial charge is 0.338 e. The van der Waals surface area contributed by atoms with E-state index in [2.05, 4.69) is 9.97 Å². The zero-order valence-corrected chi connectivity index (χ0v) is 15.3. The van der Waals surface area contributed by atoms with Gasteiger partial charge in [-0.15, -0.1) is 0 Å². The van der Waals surface area contributed by atoms with Crippen molar-refractivity contribution in [3.63, 3.8) is 0 Å². The minimum Gasteiger partial charge on any atom is -0.338 e. The van der Waals surface area contributed by atoms with Gasteiger partial charge in [-0.05, 0) is 12.5 Å². The Balaban J connectivity index is 1.64. The van der Waals surface area contributed by atoms with Crippen molar-refractivity contribution in [2.75, 3.05) is 13.1 Å². The lowest BCUT2D eigenvalue weighted by molar-refractivity contribution is -0.120. The molecule has 0 aromatic carbocycles. The monoisotopic (exact) mass is 350 g/mol. The van der Waals surface area contributed by atoms with Gasteiger partial charge in [0.15, 0.2) is 11.6 Å². The Kier molecular flexibility index (Phi) is 3.79. The summed E-state index contributed by atoms with van der Waals surface area (Å²) in [5.74, 6) is 0.734. The highest BCUT2D eigenvalue weighted by Crippen LogP contribution is 2.32. The molecule has 3 heterocycles. The maximum Gasteiger partial charge on any atom is 0.255 e. The molecule has 0 N–H and O–H groups in total. The second kappa shape index (κ2) is 5.90. The van der Waals surface area contributed by atoms with Crippen molar-refractivity contribution in [3.8, 4) is 5.82 Å². The molecule has 6 heteroatoms. The number of likely N-dealkylation sites (tertiary alicyclic amines) is 1. The van der Waals surface area contributed by atoms with Crippen LogP contribution in [0.3, 0.4) is 0 Å². The molecule has 1 amide bonds. The summed E-state index contributed by atoms with van der Waals surface area (Å²) in [5.41, 5.74) is 2.31. The fourth-order valence-electron chi connectivity index (χ4n) is 3.16. The summed E-state index contributed by atoms with van der Waals surface area (Å²) >= 11 is 0. The number of hydrogen-bond acceptors (Lipinski definition) is 4. The van der Waals surface area contributed by atoms with Gasteiger partial charge in [-0.3, -0.25) is 14.6 Å². The minimum atomic E-state index is -0.463. The highest BCUT2D eigenvalue weighted by molar-refractivity contribution is 6.23. The number of carbonyl (C=O) groups is 2. The highest BCUT2D eigenvalue weighted by Gasteiger charge is 2.31. The van der Waals surface area contributed by atoms with Crippen LogP contribution in [0, 0.1) is 5.41 Å². The fourth-order valence-corrected chi connectivity index (χ4v) is 3.16. The molecule has 0 saturated carbocycles. The van der Waals surface area contributed by atoms with Gasteiger partial charge in [0.05, 0.1) is 23.1 Å². The lowest BCUT2D eigenvalue weighted by atomic mass is 9.86. The summed E-state index contributed by atoms with van der Waals surface area (Å²) in [7, 11) is 0. The first-order chi connectivity index (χ1) is 12.3. The van der Waals surface area contributed by atoms with Gasteiger partial charge < -0.3 is 9.47 Å². The van der Waals surface area contributed by atoms with Crippen molar-refractivity contribution < 1.29 is 9.59 Å². The Morgan fingerprint density at radius 3 is 2.62 bits per heavy atom. The molecule has 4 rings (SSSR count). The van der Waals surface area contributed by atoms with Crippen molar-refractivity contribution >= 4 is 17.3 Å². The third-order valence-corrected chi connectivity index (χ3v) is 4.86. The first kappa shape index (κ1) is 16.7. The van der Waals surface area contributed by atoms with Crippen LogP contribution >= 0.6 is 0 Å². The normalized spacial score (nSPS) is 16.1. The summed E-state index contributed by atoms with van der Waals surface area (Å²) in [6, 6.07) is 1.80. The molecule has 6 nitrogen and oxygen atoms in total. The van der Waals surface area contributed by atoms with Gasteiger partial charge in [0.1, 0.15) is 0 Å². The highest BCUT2D eigenvalue weighted by atomic mass is 16.2. The van der Waals surface area contributed by atoms with Gasteiger partial charge >= 0.3 is 0 Å². The number of fused-ring (bicyclic) bond motifs is 1. The van der Waals surface area contributed by atoms with Gasteiger partial charge in [0.2, 0.25) is 0 Å². The standard InChI is InChI=1S/C20H22N4O2/c1-20(2,3)18(25)14-5-6-15-17(14)22-16(11-21-15)24-10-7-13(12-24)19(26)23-8-4-9-23/h5,7,10-12H,4,6,8-9H2,1-3H3. The number of nitrogens with zero attached hydrogens (tertiary/aromatic N) is 4. The predicted molar refractivity (Wildman–Crippen MR) is 98.0 cm³/mol. The molecule has 0 bridgehead atoms. The molecular weight excluding hydrogens is 328 g/mol. The topological polar surface area (TPSA) is 68.1 Å². The van der Waals surface area contributed by atoms with Gasteiger partial charge in [-0.2, -0.15) is 0 Å². The molecule has 2 aliphatic rings. The van der Waals surface area contributed by atoms with E-state index in [1.165, 1.54) is 0 Å². The van der Waals surface area contributed by atoms with Crippen molar-refractivity contribution in [1.29, 1.82) is 0 Å². The summed E-state index contributed by atoms with van der Waals surface area (Å²) in [4.78, 5) is 36.0. The minimum absolute atomic E-state index is 0.0487. The van der Waals surface area contributed by atoms with Gasteiger partial charge in [0, 0.05) is 42.9 Å². The maximum absolute atomic E-state index is 12.7. The SMILES string of the molecule is CC(C)(C)C(=O)C1=CCc2ncc(-n3ccc(C(=O)N4CCC4)c3)nc21. The number of carbonyl (C=O) groups excluding carboxylic acids is 2. The number of hydrogen-bond donors (Lipinski definition) is 0. The summed E-state index contributed by atoms with van der Waals surface area (Å²) in [5, 5.41) is 0. The van der Waals surface area contributed by atoms with Crippen LogP contribution in [0.4, 0.5) is 0 Å². The lowest BCUT2D eigenvalue weighted by Gasteiger charge is -2.30. The fraction of sp³-hybridized carbons (Fsp3) is 0.400. The second-order valence-corrected chi connectivity index (χ2v) is 7.88. The number of allylic oxidation sites excluding steroid dienone is 2. The molecule has 0 atom stereocenters. The van der Waals surface area contributed by atoms with Crippen LogP contribution in [-0.4, -0.2) is 44.2 Å². The van der Waals surface area contributed by atoms with Crippen LogP contribution in [0.5, 0.6) is 0 Å². The third kappa shape index (κ3) is 2.75. The summed E-state index contributed by atoms with van der Waals surface area (Å²) in [6.07, 6.45) is 8.89. The molecular formula is C20H22N4O2. The first-order valence-electron chi connectivity index (χ1n) is 8.93. The average molecular weight is 350 g/mol. The second-order valence-electron chi connectivity index (χ2n) is 7.88. The molecule has 2 aromatic rings. The number of ketones is 1. The molecule has 0 radical (unpaired) electrons. The Bertz CT molecular complexity index is 930. The Morgan fingerprint density at radius 2 is 1.96 bits per heavy atom. The molecule has 2 aromatic heterocycles. The van der Waals surface area contributed by atoms with Crippen LogP contribution in [0.15, 0.2) is 30.7 Å². The van der Waals surface area contributed by atoms with E-state index in [4.69, 9.17) is 0 Å². The molecule has 134 valence electrons. The van der Waals surface area contributed by atoms with E-state index in [-0.39, 0.29) is 11.7 Å². The van der Waals surface area contributed by atoms with Crippen LogP contribution in [-0.2, 0) is 11.2 Å². The van der Waals surface area contributed by atoms with E-state index in [1.54, 1.807) is 23.0 Å². The lowest BCUT2D eigenvalue weighted by Crippen LogP contribution is -2.41. The van der Waals surface area contributed by atoms with Crippen LogP contribution < -0.4 is 0 Å². The van der Waals surface area contributed by atoms with E-state index in [0.29, 0.717) is 29.1 Å². The summed E-state index contributed by atoms with van der Waals surface area (Å²) in [6.45, 7) is 7.37. The number of amides is 1. The van der Waals surface area contributed by atoms with Crippen molar-refractivity contribution in [3.05, 3.63) is 47.7 Å². The smallest absolute Gasteiger partial charge is 0.255 e. The van der Waals surface area contributed by atoms with E-state index in [9.17, 15) is 9.59 Å². The van der Waals surface area contributed by atoms with Crippen LogP contribution in [0.25, 0.3) is 11.4 Å². The molecule has 1 fully saturated rings. The number of rotatable bonds is 3. The summed E-state index contributed by atoms with van der Waals surface area (Å²) < 4.78 is 1.79. The van der Waals surface area contributed by atoms with E-state index < -0.39 is 5.41 Å². The van der Waals surface area contributed by atoms with Crippen molar-refractivity contribution in [2.24, 2.45) is 5.41 Å². The van der Waals surface area contributed by atoms with Gasteiger partial charge in [-0.25, -0.2) is 4.98 Å². The number of aromatic nitrogens is 3. The van der Waals surface area contributed by atoms with Crippen LogP contribution in [0.1, 0.15) is 48.9 Å². The zero-order valence-electron chi connectivity index (χ0n) is 15.3. The van der Waals surface area contributed by atoms with Crippen molar-refractivity contribution in [1.82, 2.24) is 19.4 Å². The molecule has 1 saturated heterocycles. The molecule has 1 aliphatic heterocycles. The molecule has 1 aliphatic carbocycles. The van der Waals surface area contributed by atoms with E-state index in [1.807, 2.05) is 37.9 Å². The van der Waals surface area contributed by atoms with Gasteiger partial charge in [-0.1, -0.05) is 26.8 Å². The third-order valence-electron chi connectivity index (χ3n) is 4.86. The Labute approximate surface area is 152 Å².